The summed E-state index contributed by atoms with van der Waals surface area (Å²) in [5.41, 5.74) is 3.45. The molecule has 0 amide bonds. The number of hydrogen-bond acceptors (Lipinski definition) is 4. The van der Waals surface area contributed by atoms with E-state index in [4.69, 9.17) is 14.2 Å². The topological polar surface area (TPSA) is 44.8 Å². The van der Waals surface area contributed by atoms with E-state index < -0.39 is 10.9 Å². The molecule has 0 saturated heterocycles. The van der Waals surface area contributed by atoms with E-state index in [0.717, 1.165) is 43.4 Å². The molecule has 1 aliphatic heterocycles. The Morgan fingerprint density at radius 3 is 1.92 bits per heavy atom. The second kappa shape index (κ2) is 11.2. The predicted octanol–water partition coefficient (Wildman–Crippen LogP) is 8.37. The molecule has 0 N–H and O–H groups in total. The Bertz CT molecular complexity index is 1390. The monoisotopic (exact) mass is 538 g/mol. The highest BCUT2D eigenvalue weighted by atomic mass is 32.2. The Balaban J connectivity index is 1.04. The molecule has 0 radical (unpaired) electrons. The average molecular weight is 539 g/mol. The Labute approximate surface area is 233 Å². The van der Waals surface area contributed by atoms with Gasteiger partial charge in [0.25, 0.3) is 0 Å². The van der Waals surface area contributed by atoms with Crippen molar-refractivity contribution in [3.63, 3.8) is 0 Å². The number of hydrogen-bond donors (Lipinski definition) is 1. The van der Waals surface area contributed by atoms with E-state index in [0.29, 0.717) is 12.4 Å². The number of fused-ring (bicyclic) bond motifs is 3. The first-order valence-electron chi connectivity index (χ1n) is 13.8. The summed E-state index contributed by atoms with van der Waals surface area (Å²) in [5, 5.41) is 0. The fourth-order valence-electron chi connectivity index (χ4n) is 5.70. The van der Waals surface area contributed by atoms with Crippen LogP contribution in [0, 0.1) is 0 Å². The maximum atomic E-state index is 12.3. The molecule has 0 bridgehead atoms. The lowest BCUT2D eigenvalue weighted by atomic mass is 9.99. The van der Waals surface area contributed by atoms with E-state index in [1.165, 1.54) is 25.8 Å². The first-order valence-corrected chi connectivity index (χ1v) is 15.1. The summed E-state index contributed by atoms with van der Waals surface area (Å²) in [6.45, 7) is 2.48. The van der Waals surface area contributed by atoms with Crippen LogP contribution < -0.4 is 9.47 Å². The number of ether oxygens (including phenoxy) is 3. The second-order valence-electron chi connectivity index (χ2n) is 10.3. The number of esters is 1. The minimum atomic E-state index is -0.560. The van der Waals surface area contributed by atoms with Crippen molar-refractivity contribution in [3.8, 4) is 22.6 Å². The fraction of sp³-hybridized carbons (Fsp3) is 0.265. The molecule has 0 unspecified atom stereocenters. The van der Waals surface area contributed by atoms with Gasteiger partial charge in [-0.2, -0.15) is 10.9 Å². The van der Waals surface area contributed by atoms with Gasteiger partial charge in [0.1, 0.15) is 23.7 Å². The van der Waals surface area contributed by atoms with Crippen molar-refractivity contribution in [2.45, 2.75) is 65.9 Å². The van der Waals surface area contributed by atoms with Gasteiger partial charge < -0.3 is 14.2 Å². The second-order valence-corrected chi connectivity index (χ2v) is 12.5. The van der Waals surface area contributed by atoms with E-state index in [9.17, 15) is 4.79 Å². The third-order valence-corrected chi connectivity index (χ3v) is 10.4. The molecule has 5 heteroatoms. The molecule has 1 heterocycles. The summed E-state index contributed by atoms with van der Waals surface area (Å²) in [4.78, 5) is 16.5. The third-order valence-electron chi connectivity index (χ3n) is 7.85. The Morgan fingerprint density at radius 1 is 0.744 bits per heavy atom. The summed E-state index contributed by atoms with van der Waals surface area (Å²) in [7, 11) is -0.560. The normalized spacial score (nSPS) is 15.9. The lowest BCUT2D eigenvalue weighted by Gasteiger charge is -2.27. The van der Waals surface area contributed by atoms with Gasteiger partial charge in [0.05, 0.1) is 0 Å². The van der Waals surface area contributed by atoms with Crippen molar-refractivity contribution in [1.29, 1.82) is 0 Å². The van der Waals surface area contributed by atoms with E-state index in [1.54, 1.807) is 0 Å². The van der Waals surface area contributed by atoms with Gasteiger partial charge in [-0.25, -0.2) is 4.79 Å². The summed E-state index contributed by atoms with van der Waals surface area (Å²) in [6, 6.07) is 33.7. The van der Waals surface area contributed by atoms with Gasteiger partial charge >= 0.3 is 5.97 Å². The molecule has 0 spiro atoms. The zero-order valence-corrected chi connectivity index (χ0v) is 23.2. The molecule has 6 rings (SSSR count). The van der Waals surface area contributed by atoms with Crippen LogP contribution in [0.4, 0.5) is 0 Å². The van der Waals surface area contributed by atoms with Crippen LogP contribution in [0.3, 0.4) is 0 Å². The van der Waals surface area contributed by atoms with Gasteiger partial charge in [0.2, 0.25) is 0 Å². The number of carbonyl (C=O) groups is 1. The van der Waals surface area contributed by atoms with E-state index >= 15 is 0 Å². The molecule has 2 aliphatic rings. The Morgan fingerprint density at radius 2 is 1.31 bits per heavy atom. The maximum Gasteiger partial charge on any atom is 0.344 e. The largest absolute Gasteiger partial charge is 0.489 e. The zero-order valence-electron chi connectivity index (χ0n) is 22.3. The molecule has 39 heavy (non-hydrogen) atoms. The van der Waals surface area contributed by atoms with Crippen molar-refractivity contribution in [3.05, 3.63) is 103 Å². The first-order chi connectivity index (χ1) is 19.1. The molecule has 1 fully saturated rings. The van der Waals surface area contributed by atoms with E-state index in [2.05, 4.69) is 79.7 Å². The number of thiol groups is 1. The highest BCUT2D eigenvalue weighted by Gasteiger charge is 2.35. The summed E-state index contributed by atoms with van der Waals surface area (Å²) in [5.74, 6) is 1.20. The smallest absolute Gasteiger partial charge is 0.344 e. The predicted molar refractivity (Wildman–Crippen MR) is 156 cm³/mol. The highest BCUT2D eigenvalue weighted by molar-refractivity contribution is 8.17. The first kappa shape index (κ1) is 25.6. The van der Waals surface area contributed by atoms with Crippen LogP contribution in [0.15, 0.2) is 112 Å². The van der Waals surface area contributed by atoms with Gasteiger partial charge in [-0.3, -0.25) is 0 Å². The van der Waals surface area contributed by atoms with Gasteiger partial charge in [-0.1, -0.05) is 55.5 Å². The highest BCUT2D eigenvalue weighted by Crippen LogP contribution is 2.62. The van der Waals surface area contributed by atoms with Crippen molar-refractivity contribution >= 4 is 16.9 Å². The van der Waals surface area contributed by atoms with Gasteiger partial charge in [0.15, 0.2) is 6.61 Å². The Kier molecular flexibility index (Phi) is 7.34. The van der Waals surface area contributed by atoms with Crippen LogP contribution in [0.1, 0.15) is 44.6 Å². The van der Waals surface area contributed by atoms with E-state index in [-0.39, 0.29) is 18.2 Å². The lowest BCUT2D eigenvalue weighted by Crippen LogP contribution is -2.33. The quantitative estimate of drug-likeness (QED) is 0.151. The van der Waals surface area contributed by atoms with Crippen LogP contribution >= 0.6 is 10.9 Å². The van der Waals surface area contributed by atoms with Crippen LogP contribution in [0.5, 0.6) is 11.5 Å². The van der Waals surface area contributed by atoms with Crippen LogP contribution in [-0.2, 0) is 16.1 Å². The third kappa shape index (κ3) is 5.41. The molecule has 0 aromatic heterocycles. The van der Waals surface area contributed by atoms with E-state index in [1.807, 2.05) is 24.3 Å². The molecule has 0 atom stereocenters. The van der Waals surface area contributed by atoms with Crippen LogP contribution in [-0.4, -0.2) is 18.2 Å². The minimum absolute atomic E-state index is 0.0680. The maximum absolute atomic E-state index is 12.3. The van der Waals surface area contributed by atoms with Crippen molar-refractivity contribution in [2.75, 3.05) is 6.61 Å². The summed E-state index contributed by atoms with van der Waals surface area (Å²) in [6.07, 6.45) is 5.02. The molecule has 200 valence electrons. The van der Waals surface area contributed by atoms with Crippen LogP contribution in [0.2, 0.25) is 0 Å². The number of carbonyl (C=O) groups excluding carboxylic acids is 1. The molecule has 4 aromatic carbocycles. The molecule has 4 nitrogen and oxygen atoms in total. The number of benzene rings is 4. The zero-order chi connectivity index (χ0) is 26.7. The lowest BCUT2D eigenvalue weighted by molar-refractivity contribution is -0.162. The fourth-order valence-corrected chi connectivity index (χ4v) is 8.31. The minimum Gasteiger partial charge on any atom is -0.489 e. The van der Waals surface area contributed by atoms with Crippen molar-refractivity contribution < 1.29 is 19.0 Å². The molecule has 4 aromatic rings. The van der Waals surface area contributed by atoms with Crippen molar-refractivity contribution in [2.24, 2.45) is 0 Å². The SMILES string of the molecule is CCC1(OC(=O)COc2ccc(COc3ccc([SH]4c5ccccc5-c5ccccc54)cc3)cc2)CCCC1. The van der Waals surface area contributed by atoms with Crippen LogP contribution in [0.25, 0.3) is 11.1 Å². The molecule has 1 saturated carbocycles. The standard InChI is InChI=1S/C34H34O4S/c1-2-34(21-7-8-22-34)38-33(35)24-37-26-15-13-25(14-16-26)23-36-27-17-19-28(20-18-27)39-31-11-5-3-9-29(31)30-10-4-6-12-32(30)39/h3-6,9-20,39H,2,7-8,21-24H2,1H3. The van der Waals surface area contributed by atoms with Crippen molar-refractivity contribution in [1.82, 2.24) is 0 Å². The molecule has 1 aliphatic carbocycles. The molecular formula is C34H34O4S. The molecular weight excluding hydrogens is 504 g/mol. The van der Waals surface area contributed by atoms with Gasteiger partial charge in [-0.05, 0) is 102 Å². The Hall–Kier alpha value is -3.70. The van der Waals surface area contributed by atoms with Gasteiger partial charge in [0, 0.05) is 9.79 Å². The number of rotatable bonds is 9. The average Bonchev–Trinajstić information content (AvgIpc) is 3.59. The summed E-state index contributed by atoms with van der Waals surface area (Å²) < 4.78 is 17.5. The van der Waals surface area contributed by atoms with Gasteiger partial charge in [-0.15, -0.1) is 0 Å². The summed E-state index contributed by atoms with van der Waals surface area (Å²) >= 11 is 0.